The van der Waals surface area contributed by atoms with Crippen LogP contribution in [-0.4, -0.2) is 21.2 Å². The van der Waals surface area contributed by atoms with E-state index in [1.54, 1.807) is 18.3 Å². The van der Waals surface area contributed by atoms with E-state index < -0.39 is 4.92 Å². The monoisotopic (exact) mass is 246 g/mol. The summed E-state index contributed by atoms with van der Waals surface area (Å²) in [5, 5.41) is 17.8. The second-order valence-electron chi connectivity index (χ2n) is 3.85. The number of anilines is 1. The zero-order valence-electron chi connectivity index (χ0n) is 9.82. The fourth-order valence-electron chi connectivity index (χ4n) is 1.61. The number of nitro benzene ring substituents is 1. The minimum atomic E-state index is -0.401. The Hall–Kier alpha value is -2.37. The lowest BCUT2D eigenvalue weighted by atomic mass is 10.3. The molecule has 6 nitrogen and oxygen atoms in total. The molecular formula is C12H14N4O2. The molecule has 6 heteroatoms. The lowest BCUT2D eigenvalue weighted by Crippen LogP contribution is -2.06. The van der Waals surface area contributed by atoms with Gasteiger partial charge in [-0.15, -0.1) is 0 Å². The molecule has 0 amide bonds. The molecule has 1 aromatic heterocycles. The van der Waals surface area contributed by atoms with Crippen LogP contribution in [0.15, 0.2) is 42.7 Å². The van der Waals surface area contributed by atoms with Crippen molar-refractivity contribution in [3.63, 3.8) is 0 Å². The van der Waals surface area contributed by atoms with Crippen LogP contribution in [0.1, 0.15) is 6.42 Å². The predicted octanol–water partition coefficient (Wildman–Crippen LogP) is 2.29. The van der Waals surface area contributed by atoms with Gasteiger partial charge in [0, 0.05) is 43.3 Å². The quantitative estimate of drug-likeness (QED) is 0.482. The highest BCUT2D eigenvalue weighted by Gasteiger charge is 2.03. The van der Waals surface area contributed by atoms with Crippen molar-refractivity contribution in [1.82, 2.24) is 9.78 Å². The zero-order chi connectivity index (χ0) is 12.8. The third-order valence-electron chi connectivity index (χ3n) is 2.53. The number of aromatic nitrogens is 2. The molecule has 94 valence electrons. The summed E-state index contributed by atoms with van der Waals surface area (Å²) in [6, 6.07) is 8.31. The molecule has 1 heterocycles. The van der Waals surface area contributed by atoms with E-state index >= 15 is 0 Å². The van der Waals surface area contributed by atoms with Crippen molar-refractivity contribution in [1.29, 1.82) is 0 Å². The Bertz CT molecular complexity index is 493. The van der Waals surface area contributed by atoms with Crippen molar-refractivity contribution >= 4 is 11.4 Å². The first-order valence-corrected chi connectivity index (χ1v) is 5.71. The normalized spacial score (nSPS) is 10.2. The number of nitro groups is 1. The highest BCUT2D eigenvalue weighted by molar-refractivity contribution is 5.48. The maximum atomic E-state index is 10.5. The molecule has 1 aromatic carbocycles. The van der Waals surface area contributed by atoms with Gasteiger partial charge in [-0.1, -0.05) is 0 Å². The Morgan fingerprint density at radius 3 is 2.72 bits per heavy atom. The summed E-state index contributed by atoms with van der Waals surface area (Å²) >= 11 is 0. The summed E-state index contributed by atoms with van der Waals surface area (Å²) < 4.78 is 1.87. The molecule has 18 heavy (non-hydrogen) atoms. The summed E-state index contributed by atoms with van der Waals surface area (Å²) in [5.74, 6) is 0. The maximum Gasteiger partial charge on any atom is 0.269 e. The van der Waals surface area contributed by atoms with Crippen LogP contribution in [0.5, 0.6) is 0 Å². The Kier molecular flexibility index (Phi) is 3.90. The van der Waals surface area contributed by atoms with Crippen molar-refractivity contribution in [2.45, 2.75) is 13.0 Å². The van der Waals surface area contributed by atoms with E-state index in [4.69, 9.17) is 0 Å². The SMILES string of the molecule is O=[N+]([O-])c1ccc(NCCCn2cccn2)cc1. The molecule has 0 radical (unpaired) electrons. The summed E-state index contributed by atoms with van der Waals surface area (Å²) in [6.45, 7) is 1.66. The van der Waals surface area contributed by atoms with Gasteiger partial charge in [0.15, 0.2) is 0 Å². The van der Waals surface area contributed by atoms with Gasteiger partial charge in [0.1, 0.15) is 0 Å². The third kappa shape index (κ3) is 3.31. The fourth-order valence-corrected chi connectivity index (χ4v) is 1.61. The van der Waals surface area contributed by atoms with Crippen molar-refractivity contribution < 1.29 is 4.92 Å². The number of nitrogens with zero attached hydrogens (tertiary/aromatic N) is 3. The van der Waals surface area contributed by atoms with Gasteiger partial charge in [0.2, 0.25) is 0 Å². The fraction of sp³-hybridized carbons (Fsp3) is 0.250. The van der Waals surface area contributed by atoms with E-state index in [1.165, 1.54) is 12.1 Å². The average Bonchev–Trinajstić information content (AvgIpc) is 2.88. The minimum Gasteiger partial charge on any atom is -0.385 e. The first kappa shape index (κ1) is 12.1. The number of rotatable bonds is 6. The molecule has 2 aromatic rings. The smallest absolute Gasteiger partial charge is 0.269 e. The number of hydrogen-bond acceptors (Lipinski definition) is 4. The van der Waals surface area contributed by atoms with Crippen molar-refractivity contribution in [2.24, 2.45) is 0 Å². The number of aryl methyl sites for hydroxylation is 1. The average molecular weight is 246 g/mol. The van der Waals surface area contributed by atoms with E-state index in [0.717, 1.165) is 25.2 Å². The van der Waals surface area contributed by atoms with Crippen molar-refractivity contribution in [2.75, 3.05) is 11.9 Å². The van der Waals surface area contributed by atoms with E-state index in [-0.39, 0.29) is 5.69 Å². The van der Waals surface area contributed by atoms with Gasteiger partial charge in [-0.2, -0.15) is 5.10 Å². The number of hydrogen-bond donors (Lipinski definition) is 1. The second-order valence-corrected chi connectivity index (χ2v) is 3.85. The molecule has 0 aliphatic carbocycles. The number of non-ortho nitro benzene ring substituents is 1. The van der Waals surface area contributed by atoms with Crippen molar-refractivity contribution in [3.05, 3.63) is 52.8 Å². The Labute approximate surface area is 104 Å². The van der Waals surface area contributed by atoms with Crippen LogP contribution in [-0.2, 0) is 6.54 Å². The third-order valence-corrected chi connectivity index (χ3v) is 2.53. The molecule has 0 fully saturated rings. The van der Waals surface area contributed by atoms with Crippen LogP contribution < -0.4 is 5.32 Å². The molecule has 1 N–H and O–H groups in total. The summed E-state index contributed by atoms with van der Waals surface area (Å²) in [6.07, 6.45) is 4.62. The molecule has 0 saturated carbocycles. The molecule has 0 saturated heterocycles. The Morgan fingerprint density at radius 1 is 1.33 bits per heavy atom. The topological polar surface area (TPSA) is 73.0 Å². The van der Waals surface area contributed by atoms with Crippen LogP contribution in [0.3, 0.4) is 0 Å². The van der Waals surface area contributed by atoms with Crippen molar-refractivity contribution in [3.8, 4) is 0 Å². The summed E-state index contributed by atoms with van der Waals surface area (Å²) in [4.78, 5) is 10.1. The van der Waals surface area contributed by atoms with E-state index in [2.05, 4.69) is 10.4 Å². The molecule has 0 aliphatic heterocycles. The number of benzene rings is 1. The predicted molar refractivity (Wildman–Crippen MR) is 68.4 cm³/mol. The largest absolute Gasteiger partial charge is 0.385 e. The van der Waals surface area contributed by atoms with Crippen LogP contribution in [0.25, 0.3) is 0 Å². The first-order valence-electron chi connectivity index (χ1n) is 5.71. The highest BCUT2D eigenvalue weighted by atomic mass is 16.6. The molecule has 0 atom stereocenters. The lowest BCUT2D eigenvalue weighted by molar-refractivity contribution is -0.384. The Morgan fingerprint density at radius 2 is 2.11 bits per heavy atom. The van der Waals surface area contributed by atoms with Gasteiger partial charge >= 0.3 is 0 Å². The summed E-state index contributed by atoms with van der Waals surface area (Å²) in [5.41, 5.74) is 0.998. The molecule has 0 spiro atoms. The minimum absolute atomic E-state index is 0.108. The van der Waals surface area contributed by atoms with Gasteiger partial charge in [-0.3, -0.25) is 14.8 Å². The molecule has 2 rings (SSSR count). The molecule has 0 aliphatic rings. The van der Waals surface area contributed by atoms with Gasteiger partial charge < -0.3 is 5.32 Å². The van der Waals surface area contributed by atoms with E-state index in [1.807, 2.05) is 16.9 Å². The highest BCUT2D eigenvalue weighted by Crippen LogP contribution is 2.15. The van der Waals surface area contributed by atoms with Gasteiger partial charge in [0.05, 0.1) is 4.92 Å². The standard InChI is InChI=1S/C12H14N4O2/c17-16(18)12-5-3-11(4-6-12)13-7-1-9-15-10-2-8-14-15/h2-6,8,10,13H,1,7,9H2. The van der Waals surface area contributed by atoms with Crippen LogP contribution in [0, 0.1) is 10.1 Å². The van der Waals surface area contributed by atoms with E-state index in [9.17, 15) is 10.1 Å². The molecular weight excluding hydrogens is 232 g/mol. The molecule has 0 unspecified atom stereocenters. The maximum absolute atomic E-state index is 10.5. The van der Waals surface area contributed by atoms with Gasteiger partial charge in [-0.05, 0) is 24.6 Å². The Balaban J connectivity index is 1.75. The van der Waals surface area contributed by atoms with Gasteiger partial charge in [-0.25, -0.2) is 0 Å². The van der Waals surface area contributed by atoms with E-state index in [0.29, 0.717) is 0 Å². The zero-order valence-corrected chi connectivity index (χ0v) is 9.82. The van der Waals surface area contributed by atoms with Gasteiger partial charge in [0.25, 0.3) is 5.69 Å². The van der Waals surface area contributed by atoms with Crippen LogP contribution >= 0.6 is 0 Å². The first-order chi connectivity index (χ1) is 8.75. The van der Waals surface area contributed by atoms with Crippen LogP contribution in [0.2, 0.25) is 0 Å². The lowest BCUT2D eigenvalue weighted by Gasteiger charge is -2.06. The molecule has 0 bridgehead atoms. The van der Waals surface area contributed by atoms with Crippen LogP contribution in [0.4, 0.5) is 11.4 Å². The number of nitrogens with one attached hydrogen (secondary N) is 1. The summed E-state index contributed by atoms with van der Waals surface area (Å²) in [7, 11) is 0. The second kappa shape index (κ2) is 5.81.